The Morgan fingerprint density at radius 3 is 3.05 bits per heavy atom. The molecule has 0 spiro atoms. The third kappa shape index (κ3) is 5.60. The van der Waals surface area contributed by atoms with E-state index < -0.39 is 0 Å². The Morgan fingerprint density at radius 1 is 1.57 bits per heavy atom. The quantitative estimate of drug-likeness (QED) is 0.777. The van der Waals surface area contributed by atoms with Gasteiger partial charge in [-0.05, 0) is 12.2 Å². The van der Waals surface area contributed by atoms with E-state index in [0.29, 0.717) is 26.1 Å². The Labute approximate surface area is 135 Å². The maximum Gasteiger partial charge on any atom is 0.222 e. The van der Waals surface area contributed by atoms with Crippen LogP contribution in [0.4, 0.5) is 0 Å². The highest BCUT2D eigenvalue weighted by Gasteiger charge is 2.26. The first-order valence-corrected chi connectivity index (χ1v) is 9.25. The van der Waals surface area contributed by atoms with Crippen LogP contribution in [-0.2, 0) is 9.53 Å². The molecule has 0 saturated carbocycles. The minimum Gasteiger partial charge on any atom is -0.367 e. The number of carbonyl (C=O) groups is 1. The van der Waals surface area contributed by atoms with Gasteiger partial charge in [0.25, 0.3) is 0 Å². The van der Waals surface area contributed by atoms with Crippen LogP contribution in [0.1, 0.15) is 44.7 Å². The van der Waals surface area contributed by atoms with Crippen molar-refractivity contribution in [2.75, 3.05) is 25.4 Å². The molecule has 21 heavy (non-hydrogen) atoms. The third-order valence-electron chi connectivity index (χ3n) is 3.22. The summed E-state index contributed by atoms with van der Waals surface area (Å²) in [7, 11) is 0. The fraction of sp³-hybridized carbons (Fsp3) is 0.733. The third-order valence-corrected chi connectivity index (χ3v) is 5.44. The van der Waals surface area contributed by atoms with Crippen molar-refractivity contribution in [1.29, 1.82) is 0 Å². The predicted octanol–water partition coefficient (Wildman–Crippen LogP) is 3.35. The van der Waals surface area contributed by atoms with Crippen LogP contribution in [0.3, 0.4) is 0 Å². The molecular formula is C15H24N2O2S2. The first kappa shape index (κ1) is 16.8. The van der Waals surface area contributed by atoms with E-state index in [2.05, 4.69) is 25.8 Å². The Hall–Kier alpha value is -0.590. The van der Waals surface area contributed by atoms with Crippen LogP contribution in [0, 0.1) is 0 Å². The number of thioether (sulfide) groups is 1. The summed E-state index contributed by atoms with van der Waals surface area (Å²) in [6.07, 6.45) is 3.31. The van der Waals surface area contributed by atoms with Gasteiger partial charge in [-0.1, -0.05) is 20.8 Å². The Morgan fingerprint density at radius 2 is 2.38 bits per heavy atom. The standard InChI is InChI=1S/C15H24N2O2S2/c1-15(2,3)21-9-4-5-13(18)17-7-8-19-12(11-17)14-16-6-10-20-14/h6,10,12H,4-5,7-9,11H2,1-3H3/t12-/m1/s1. The number of thiazole rings is 1. The van der Waals surface area contributed by atoms with E-state index in [4.69, 9.17) is 4.74 Å². The number of amides is 1. The Kier molecular flexibility index (Phi) is 6.08. The van der Waals surface area contributed by atoms with Gasteiger partial charge in [-0.3, -0.25) is 4.79 Å². The lowest BCUT2D eigenvalue weighted by molar-refractivity contribution is -0.139. The van der Waals surface area contributed by atoms with Gasteiger partial charge < -0.3 is 9.64 Å². The van der Waals surface area contributed by atoms with Crippen molar-refractivity contribution in [1.82, 2.24) is 9.88 Å². The van der Waals surface area contributed by atoms with Crippen LogP contribution in [0.15, 0.2) is 11.6 Å². The number of hydrogen-bond acceptors (Lipinski definition) is 5. The number of rotatable bonds is 5. The number of ether oxygens (including phenoxy) is 1. The molecular weight excluding hydrogens is 304 g/mol. The summed E-state index contributed by atoms with van der Waals surface area (Å²) in [6.45, 7) is 8.57. The minimum absolute atomic E-state index is 0.0494. The molecule has 1 aliphatic heterocycles. The Bertz CT molecular complexity index is 443. The molecule has 0 unspecified atom stereocenters. The number of aromatic nitrogens is 1. The maximum atomic E-state index is 12.3. The van der Waals surface area contributed by atoms with Crippen molar-refractivity contribution < 1.29 is 9.53 Å². The van der Waals surface area contributed by atoms with Crippen LogP contribution in [0.5, 0.6) is 0 Å². The van der Waals surface area contributed by atoms with Crippen LogP contribution < -0.4 is 0 Å². The molecule has 1 aromatic rings. The van der Waals surface area contributed by atoms with Gasteiger partial charge in [0.05, 0.1) is 13.2 Å². The molecule has 0 aliphatic carbocycles. The second-order valence-corrected chi connectivity index (χ2v) is 8.98. The lowest BCUT2D eigenvalue weighted by Gasteiger charge is -2.32. The van der Waals surface area contributed by atoms with Gasteiger partial charge in [-0.15, -0.1) is 11.3 Å². The zero-order chi connectivity index (χ0) is 15.3. The summed E-state index contributed by atoms with van der Waals surface area (Å²) in [5, 5.41) is 2.92. The molecule has 2 rings (SSSR count). The zero-order valence-electron chi connectivity index (χ0n) is 13.0. The average Bonchev–Trinajstić information content (AvgIpc) is 2.96. The molecule has 1 atom stereocenters. The number of nitrogens with zero attached hydrogens (tertiary/aromatic N) is 2. The molecule has 0 radical (unpaired) electrons. The van der Waals surface area contributed by atoms with Crippen molar-refractivity contribution in [2.45, 2.75) is 44.5 Å². The molecule has 1 amide bonds. The zero-order valence-corrected chi connectivity index (χ0v) is 14.6. The minimum atomic E-state index is -0.0494. The predicted molar refractivity (Wildman–Crippen MR) is 88.8 cm³/mol. The maximum absolute atomic E-state index is 12.3. The topological polar surface area (TPSA) is 42.4 Å². The Balaban J connectivity index is 1.74. The van der Waals surface area contributed by atoms with Crippen molar-refractivity contribution in [2.24, 2.45) is 0 Å². The van der Waals surface area contributed by atoms with Gasteiger partial charge in [0, 0.05) is 29.3 Å². The summed E-state index contributed by atoms with van der Waals surface area (Å²) >= 11 is 3.51. The van der Waals surface area contributed by atoms with Crippen LogP contribution in [0.2, 0.25) is 0 Å². The molecule has 0 bridgehead atoms. The molecule has 2 heterocycles. The fourth-order valence-corrected chi connectivity index (χ4v) is 3.76. The van der Waals surface area contributed by atoms with Crippen LogP contribution in [-0.4, -0.2) is 46.0 Å². The van der Waals surface area contributed by atoms with Gasteiger partial charge in [0.1, 0.15) is 11.1 Å². The number of morpholine rings is 1. The van der Waals surface area contributed by atoms with E-state index in [-0.39, 0.29) is 16.8 Å². The largest absolute Gasteiger partial charge is 0.367 e. The fourth-order valence-electron chi connectivity index (χ4n) is 2.18. The summed E-state index contributed by atoms with van der Waals surface area (Å²) in [5.74, 6) is 1.28. The van der Waals surface area contributed by atoms with E-state index in [1.165, 1.54) is 0 Å². The molecule has 1 aliphatic rings. The van der Waals surface area contributed by atoms with E-state index in [1.807, 2.05) is 22.0 Å². The normalized spacial score (nSPS) is 19.8. The van der Waals surface area contributed by atoms with Gasteiger partial charge in [0.15, 0.2) is 0 Å². The van der Waals surface area contributed by atoms with E-state index >= 15 is 0 Å². The molecule has 4 nitrogen and oxygen atoms in total. The lowest BCUT2D eigenvalue weighted by atomic mass is 10.2. The summed E-state index contributed by atoms with van der Waals surface area (Å²) in [4.78, 5) is 18.5. The second kappa shape index (κ2) is 7.61. The highest BCUT2D eigenvalue weighted by molar-refractivity contribution is 8.00. The van der Waals surface area contributed by atoms with Crippen molar-refractivity contribution >= 4 is 29.0 Å². The smallest absolute Gasteiger partial charge is 0.222 e. The van der Waals surface area contributed by atoms with E-state index in [0.717, 1.165) is 17.2 Å². The highest BCUT2D eigenvalue weighted by Crippen LogP contribution is 2.26. The molecule has 1 saturated heterocycles. The van der Waals surface area contributed by atoms with Crippen molar-refractivity contribution in [3.8, 4) is 0 Å². The monoisotopic (exact) mass is 328 g/mol. The summed E-state index contributed by atoms with van der Waals surface area (Å²) < 4.78 is 6.00. The molecule has 6 heteroatoms. The molecule has 1 aromatic heterocycles. The summed E-state index contributed by atoms with van der Waals surface area (Å²) in [5.41, 5.74) is 0. The molecule has 118 valence electrons. The SMILES string of the molecule is CC(C)(C)SCCCC(=O)N1CCO[C@@H](c2nccs2)C1. The first-order chi connectivity index (χ1) is 9.96. The van der Waals surface area contributed by atoms with Gasteiger partial charge in [-0.2, -0.15) is 11.8 Å². The van der Waals surface area contributed by atoms with E-state index in [1.54, 1.807) is 17.5 Å². The van der Waals surface area contributed by atoms with Gasteiger partial charge in [-0.25, -0.2) is 4.98 Å². The van der Waals surface area contributed by atoms with Gasteiger partial charge >= 0.3 is 0 Å². The summed E-state index contributed by atoms with van der Waals surface area (Å²) in [6, 6.07) is 0. The first-order valence-electron chi connectivity index (χ1n) is 7.38. The number of hydrogen-bond donors (Lipinski definition) is 0. The van der Waals surface area contributed by atoms with Crippen molar-refractivity contribution in [3.05, 3.63) is 16.6 Å². The molecule has 0 N–H and O–H groups in total. The molecule has 0 aromatic carbocycles. The number of carbonyl (C=O) groups excluding carboxylic acids is 1. The second-order valence-electron chi connectivity index (χ2n) is 6.13. The van der Waals surface area contributed by atoms with Crippen LogP contribution in [0.25, 0.3) is 0 Å². The van der Waals surface area contributed by atoms with E-state index in [9.17, 15) is 4.79 Å². The van der Waals surface area contributed by atoms with Crippen LogP contribution >= 0.6 is 23.1 Å². The highest BCUT2D eigenvalue weighted by atomic mass is 32.2. The van der Waals surface area contributed by atoms with Crippen molar-refractivity contribution in [3.63, 3.8) is 0 Å². The lowest BCUT2D eigenvalue weighted by Crippen LogP contribution is -2.42. The van der Waals surface area contributed by atoms with Gasteiger partial charge in [0.2, 0.25) is 5.91 Å². The molecule has 1 fully saturated rings. The average molecular weight is 329 g/mol.